The highest BCUT2D eigenvalue weighted by Gasteiger charge is 2.06. The van der Waals surface area contributed by atoms with Crippen LogP contribution in [-0.4, -0.2) is 39.2 Å². The number of halogens is 2. The number of ether oxygens (including phenoxy) is 2. The lowest BCUT2D eigenvalue weighted by Gasteiger charge is -2.11. The Morgan fingerprint density at radius 3 is 2.57 bits per heavy atom. The molecule has 28 heavy (non-hydrogen) atoms. The third kappa shape index (κ3) is 7.59. The van der Waals surface area contributed by atoms with E-state index in [1.807, 2.05) is 0 Å². The highest BCUT2D eigenvalue weighted by Crippen LogP contribution is 2.29. The van der Waals surface area contributed by atoms with Gasteiger partial charge in [-0.1, -0.05) is 12.1 Å². The van der Waals surface area contributed by atoms with E-state index in [4.69, 9.17) is 15.2 Å². The Kier molecular flexibility index (Phi) is 10.1. The van der Waals surface area contributed by atoms with E-state index in [0.717, 1.165) is 0 Å². The standard InChI is InChI=1S/C19H23FN4O3.HI/c1-26-16-7-6-15(12-17(16)27-2)24-19(21)23-9-8-22-18(25)11-13-4-3-5-14(20)10-13;/h3-7,10,12H,8-9,11H2,1-2H3,(H,22,25)(H3,21,23,24);1H. The number of amides is 1. The molecule has 0 spiro atoms. The van der Waals surface area contributed by atoms with Gasteiger partial charge in [-0.2, -0.15) is 0 Å². The summed E-state index contributed by atoms with van der Waals surface area (Å²) in [6, 6.07) is 11.2. The second kappa shape index (κ2) is 12.0. The molecule has 9 heteroatoms. The summed E-state index contributed by atoms with van der Waals surface area (Å²) in [7, 11) is 3.11. The molecule has 0 fully saturated rings. The molecule has 0 radical (unpaired) electrons. The van der Waals surface area contributed by atoms with Crippen molar-refractivity contribution >= 4 is 41.5 Å². The van der Waals surface area contributed by atoms with Crippen molar-refractivity contribution in [1.29, 1.82) is 0 Å². The summed E-state index contributed by atoms with van der Waals surface area (Å²) in [4.78, 5) is 16.0. The van der Waals surface area contributed by atoms with Gasteiger partial charge >= 0.3 is 0 Å². The minimum Gasteiger partial charge on any atom is -0.493 e. The van der Waals surface area contributed by atoms with Crippen LogP contribution in [-0.2, 0) is 11.2 Å². The molecule has 0 saturated heterocycles. The van der Waals surface area contributed by atoms with E-state index < -0.39 is 0 Å². The maximum atomic E-state index is 13.1. The number of methoxy groups -OCH3 is 2. The maximum absolute atomic E-state index is 13.1. The Labute approximate surface area is 180 Å². The Morgan fingerprint density at radius 2 is 1.89 bits per heavy atom. The van der Waals surface area contributed by atoms with Crippen LogP contribution in [0.5, 0.6) is 11.5 Å². The second-order valence-corrected chi connectivity index (χ2v) is 5.62. The van der Waals surface area contributed by atoms with Gasteiger partial charge in [0.05, 0.1) is 27.2 Å². The van der Waals surface area contributed by atoms with Crippen molar-refractivity contribution in [2.75, 3.05) is 32.6 Å². The van der Waals surface area contributed by atoms with Gasteiger partial charge in [0.1, 0.15) is 5.82 Å². The van der Waals surface area contributed by atoms with Gasteiger partial charge in [-0.3, -0.25) is 9.79 Å². The van der Waals surface area contributed by atoms with Crippen molar-refractivity contribution in [2.45, 2.75) is 6.42 Å². The highest BCUT2D eigenvalue weighted by atomic mass is 127. The number of hydrogen-bond donors (Lipinski definition) is 3. The van der Waals surface area contributed by atoms with Gasteiger partial charge in [0, 0.05) is 18.3 Å². The molecular weight excluding hydrogens is 478 g/mol. The number of aliphatic imine (C=N–C) groups is 1. The number of carbonyl (C=O) groups excluding carboxylic acids is 1. The van der Waals surface area contributed by atoms with Gasteiger partial charge < -0.3 is 25.8 Å². The van der Waals surface area contributed by atoms with E-state index >= 15 is 0 Å². The maximum Gasteiger partial charge on any atom is 0.224 e. The average molecular weight is 502 g/mol. The topological polar surface area (TPSA) is 98.0 Å². The molecule has 7 nitrogen and oxygen atoms in total. The fraction of sp³-hybridized carbons (Fsp3) is 0.263. The molecule has 4 N–H and O–H groups in total. The first kappa shape index (κ1) is 23.5. The predicted octanol–water partition coefficient (Wildman–Crippen LogP) is 2.55. The lowest BCUT2D eigenvalue weighted by Crippen LogP contribution is -2.29. The number of nitrogens with one attached hydrogen (secondary N) is 2. The van der Waals surface area contributed by atoms with Crippen molar-refractivity contribution in [3.8, 4) is 11.5 Å². The third-order valence-corrected chi connectivity index (χ3v) is 3.63. The first-order chi connectivity index (χ1) is 13.0. The van der Waals surface area contributed by atoms with Crippen LogP contribution >= 0.6 is 24.0 Å². The molecule has 2 aromatic carbocycles. The zero-order valence-corrected chi connectivity index (χ0v) is 18.0. The van der Waals surface area contributed by atoms with Crippen LogP contribution < -0.4 is 25.8 Å². The predicted molar refractivity (Wildman–Crippen MR) is 118 cm³/mol. The molecule has 0 aromatic heterocycles. The summed E-state index contributed by atoms with van der Waals surface area (Å²) in [5, 5.41) is 5.65. The number of hydrogen-bond acceptors (Lipinski definition) is 4. The quantitative estimate of drug-likeness (QED) is 0.223. The molecule has 0 unspecified atom stereocenters. The van der Waals surface area contributed by atoms with Crippen molar-refractivity contribution in [1.82, 2.24) is 5.32 Å². The summed E-state index contributed by atoms with van der Waals surface area (Å²) >= 11 is 0. The molecule has 0 heterocycles. The largest absolute Gasteiger partial charge is 0.493 e. The van der Waals surface area contributed by atoms with Crippen LogP contribution in [0.25, 0.3) is 0 Å². The van der Waals surface area contributed by atoms with Crippen molar-refractivity contribution in [3.05, 3.63) is 53.8 Å². The molecule has 0 aliphatic heterocycles. The molecule has 2 aromatic rings. The van der Waals surface area contributed by atoms with Crippen molar-refractivity contribution in [2.24, 2.45) is 10.7 Å². The van der Waals surface area contributed by atoms with Crippen LogP contribution in [0, 0.1) is 5.82 Å². The van der Waals surface area contributed by atoms with Gasteiger partial charge in [0.25, 0.3) is 0 Å². The Balaban J connectivity index is 0.00000392. The summed E-state index contributed by atoms with van der Waals surface area (Å²) in [6.45, 7) is 0.628. The molecule has 0 saturated carbocycles. The Hall–Kier alpha value is -2.56. The normalized spacial score (nSPS) is 10.6. The Bertz CT molecular complexity index is 818. The molecule has 0 bridgehead atoms. The number of benzene rings is 2. The summed E-state index contributed by atoms with van der Waals surface area (Å²) < 4.78 is 23.5. The third-order valence-electron chi connectivity index (χ3n) is 3.63. The van der Waals surface area contributed by atoms with Crippen molar-refractivity contribution in [3.63, 3.8) is 0 Å². The van der Waals surface area contributed by atoms with Crippen LogP contribution in [0.2, 0.25) is 0 Å². The van der Waals surface area contributed by atoms with E-state index in [1.165, 1.54) is 12.1 Å². The van der Waals surface area contributed by atoms with Crippen LogP contribution in [0.3, 0.4) is 0 Å². The second-order valence-electron chi connectivity index (χ2n) is 5.62. The lowest BCUT2D eigenvalue weighted by molar-refractivity contribution is -0.120. The summed E-state index contributed by atoms with van der Waals surface area (Å²) in [5.74, 6) is 0.821. The van der Waals surface area contributed by atoms with Crippen molar-refractivity contribution < 1.29 is 18.7 Å². The molecule has 0 atom stereocenters. The number of rotatable bonds is 8. The van der Waals surface area contributed by atoms with Gasteiger partial charge in [0.2, 0.25) is 5.91 Å². The monoisotopic (exact) mass is 502 g/mol. The van der Waals surface area contributed by atoms with Gasteiger partial charge in [-0.15, -0.1) is 24.0 Å². The lowest BCUT2D eigenvalue weighted by atomic mass is 10.1. The van der Waals surface area contributed by atoms with Crippen LogP contribution in [0.15, 0.2) is 47.5 Å². The first-order valence-electron chi connectivity index (χ1n) is 8.32. The fourth-order valence-corrected chi connectivity index (χ4v) is 2.37. The van der Waals surface area contributed by atoms with E-state index in [9.17, 15) is 9.18 Å². The van der Waals surface area contributed by atoms with E-state index in [-0.39, 0.29) is 48.1 Å². The molecule has 0 aliphatic carbocycles. The molecule has 0 aliphatic rings. The molecule has 1 amide bonds. The minimum atomic E-state index is -0.362. The van der Waals surface area contributed by atoms with Gasteiger partial charge in [0.15, 0.2) is 17.5 Å². The highest BCUT2D eigenvalue weighted by molar-refractivity contribution is 14.0. The smallest absolute Gasteiger partial charge is 0.224 e. The summed E-state index contributed by atoms with van der Waals surface area (Å²) in [6.07, 6.45) is 0.112. The molecule has 2 rings (SSSR count). The van der Waals surface area contributed by atoms with Crippen LogP contribution in [0.1, 0.15) is 5.56 Å². The number of nitrogens with zero attached hydrogens (tertiary/aromatic N) is 1. The first-order valence-corrected chi connectivity index (χ1v) is 8.32. The fourth-order valence-electron chi connectivity index (χ4n) is 2.37. The van der Waals surface area contributed by atoms with Gasteiger partial charge in [-0.05, 0) is 29.8 Å². The van der Waals surface area contributed by atoms with E-state index in [1.54, 1.807) is 44.6 Å². The average Bonchev–Trinajstić information content (AvgIpc) is 2.65. The number of carbonyl (C=O) groups is 1. The van der Waals surface area contributed by atoms with Crippen LogP contribution in [0.4, 0.5) is 10.1 Å². The zero-order valence-electron chi connectivity index (χ0n) is 15.7. The SMILES string of the molecule is COc1ccc(NC(N)=NCCNC(=O)Cc2cccc(F)c2)cc1OC.I. The molecule has 152 valence electrons. The minimum absolute atomic E-state index is 0. The molecular formula is C19H24FIN4O3. The number of guanidine groups is 1. The zero-order chi connectivity index (χ0) is 19.6. The number of nitrogens with two attached hydrogens (primary N) is 1. The Morgan fingerprint density at radius 1 is 1.14 bits per heavy atom. The number of anilines is 1. The van der Waals surface area contributed by atoms with E-state index in [0.29, 0.717) is 35.8 Å². The summed E-state index contributed by atoms with van der Waals surface area (Å²) in [5.41, 5.74) is 7.15. The van der Waals surface area contributed by atoms with Gasteiger partial charge in [-0.25, -0.2) is 4.39 Å². The van der Waals surface area contributed by atoms with E-state index in [2.05, 4.69) is 15.6 Å².